The van der Waals surface area contributed by atoms with Gasteiger partial charge in [-0.1, -0.05) is 6.92 Å². The Morgan fingerprint density at radius 3 is 2.29 bits per heavy atom. The number of ether oxygens (including phenoxy) is 1. The van der Waals surface area contributed by atoms with E-state index >= 15 is 0 Å². The molecule has 0 heterocycles. The lowest BCUT2D eigenvalue weighted by Crippen LogP contribution is -2.40. The van der Waals surface area contributed by atoms with Crippen LogP contribution in [0.5, 0.6) is 0 Å². The second-order valence-electron chi connectivity index (χ2n) is 4.54. The van der Waals surface area contributed by atoms with Crippen molar-refractivity contribution in [2.24, 2.45) is 0 Å². The number of rotatable bonds is 8. The second kappa shape index (κ2) is 8.21. The van der Waals surface area contributed by atoms with E-state index in [4.69, 9.17) is 4.74 Å². The van der Waals surface area contributed by atoms with E-state index in [9.17, 15) is 0 Å². The van der Waals surface area contributed by atoms with Gasteiger partial charge in [0.1, 0.15) is 0 Å². The second-order valence-corrected chi connectivity index (χ2v) is 4.54. The van der Waals surface area contributed by atoms with Crippen LogP contribution in [0.3, 0.4) is 0 Å². The maximum absolute atomic E-state index is 5.35. The van der Waals surface area contributed by atoms with Gasteiger partial charge in [-0.05, 0) is 27.2 Å². The molecule has 2 N–H and O–H groups in total. The zero-order valence-electron chi connectivity index (χ0n) is 10.2. The third-order valence-corrected chi connectivity index (χ3v) is 1.73. The van der Waals surface area contributed by atoms with E-state index in [2.05, 4.69) is 38.3 Å². The molecule has 0 aromatic carbocycles. The molecule has 0 aliphatic carbocycles. The predicted octanol–water partition coefficient (Wildman–Crippen LogP) is 1.39. The van der Waals surface area contributed by atoms with Crippen LogP contribution in [0.15, 0.2) is 0 Å². The SMILES string of the molecule is CCCOCCNCCNC(C)(C)C. The summed E-state index contributed by atoms with van der Waals surface area (Å²) < 4.78 is 5.35. The highest BCUT2D eigenvalue weighted by Gasteiger charge is 2.06. The summed E-state index contributed by atoms with van der Waals surface area (Å²) in [5.41, 5.74) is 0.223. The van der Waals surface area contributed by atoms with Gasteiger partial charge >= 0.3 is 0 Å². The van der Waals surface area contributed by atoms with Crippen LogP contribution in [0.4, 0.5) is 0 Å². The predicted molar refractivity (Wildman–Crippen MR) is 61.7 cm³/mol. The van der Waals surface area contributed by atoms with E-state index in [1.807, 2.05) is 0 Å². The van der Waals surface area contributed by atoms with Crippen molar-refractivity contribution in [3.63, 3.8) is 0 Å². The molecular weight excluding hydrogens is 176 g/mol. The Bertz CT molecular complexity index is 121. The number of nitrogens with one attached hydrogen (secondary N) is 2. The summed E-state index contributed by atoms with van der Waals surface area (Å²) in [6, 6.07) is 0. The fraction of sp³-hybridized carbons (Fsp3) is 1.00. The first-order valence-corrected chi connectivity index (χ1v) is 5.60. The third-order valence-electron chi connectivity index (χ3n) is 1.73. The van der Waals surface area contributed by atoms with Gasteiger partial charge in [-0.25, -0.2) is 0 Å². The highest BCUT2D eigenvalue weighted by molar-refractivity contribution is 4.70. The molecule has 0 rings (SSSR count). The molecule has 0 amide bonds. The summed E-state index contributed by atoms with van der Waals surface area (Å²) in [4.78, 5) is 0. The van der Waals surface area contributed by atoms with Crippen molar-refractivity contribution in [1.29, 1.82) is 0 Å². The van der Waals surface area contributed by atoms with Crippen molar-refractivity contribution in [3.05, 3.63) is 0 Å². The molecule has 0 saturated carbocycles. The molecular formula is C11H26N2O. The molecule has 0 aliphatic rings. The molecule has 0 aliphatic heterocycles. The first kappa shape index (κ1) is 13.9. The quantitative estimate of drug-likeness (QED) is 0.584. The van der Waals surface area contributed by atoms with E-state index in [1.165, 1.54) is 0 Å². The van der Waals surface area contributed by atoms with Gasteiger partial charge in [0.25, 0.3) is 0 Å². The zero-order valence-corrected chi connectivity index (χ0v) is 10.2. The van der Waals surface area contributed by atoms with Gasteiger partial charge in [0.15, 0.2) is 0 Å². The minimum Gasteiger partial charge on any atom is -0.380 e. The molecule has 3 heteroatoms. The average molecular weight is 202 g/mol. The number of hydrogen-bond acceptors (Lipinski definition) is 3. The van der Waals surface area contributed by atoms with Crippen LogP contribution in [0, 0.1) is 0 Å². The summed E-state index contributed by atoms with van der Waals surface area (Å²) in [6.07, 6.45) is 1.10. The van der Waals surface area contributed by atoms with Crippen molar-refractivity contribution >= 4 is 0 Å². The van der Waals surface area contributed by atoms with Gasteiger partial charge < -0.3 is 15.4 Å². The van der Waals surface area contributed by atoms with Gasteiger partial charge in [0, 0.05) is 31.8 Å². The smallest absolute Gasteiger partial charge is 0.0590 e. The third kappa shape index (κ3) is 11.9. The van der Waals surface area contributed by atoms with E-state index in [1.54, 1.807) is 0 Å². The maximum Gasteiger partial charge on any atom is 0.0590 e. The lowest BCUT2D eigenvalue weighted by Gasteiger charge is -2.20. The van der Waals surface area contributed by atoms with Crippen molar-refractivity contribution in [2.45, 2.75) is 39.7 Å². The van der Waals surface area contributed by atoms with Gasteiger partial charge in [-0.2, -0.15) is 0 Å². The average Bonchev–Trinajstić information content (AvgIpc) is 2.08. The Balaban J connectivity index is 2.99. The Hall–Kier alpha value is -0.120. The largest absolute Gasteiger partial charge is 0.380 e. The lowest BCUT2D eigenvalue weighted by molar-refractivity contribution is 0.136. The Morgan fingerprint density at radius 2 is 1.71 bits per heavy atom. The highest BCUT2D eigenvalue weighted by Crippen LogP contribution is 1.96. The van der Waals surface area contributed by atoms with Crippen molar-refractivity contribution in [1.82, 2.24) is 10.6 Å². The summed E-state index contributed by atoms with van der Waals surface area (Å²) >= 11 is 0. The van der Waals surface area contributed by atoms with E-state index in [0.717, 1.165) is 39.3 Å². The van der Waals surface area contributed by atoms with E-state index in [0.29, 0.717) is 0 Å². The number of hydrogen-bond donors (Lipinski definition) is 2. The summed E-state index contributed by atoms with van der Waals surface area (Å²) in [5, 5.41) is 6.75. The molecule has 0 atom stereocenters. The van der Waals surface area contributed by atoms with Crippen LogP contribution < -0.4 is 10.6 Å². The molecule has 0 aromatic rings. The Kier molecular flexibility index (Phi) is 8.14. The van der Waals surface area contributed by atoms with Gasteiger partial charge in [0.2, 0.25) is 0 Å². The normalized spacial score (nSPS) is 12.0. The molecule has 0 fully saturated rings. The Labute approximate surface area is 88.6 Å². The van der Waals surface area contributed by atoms with Crippen molar-refractivity contribution < 1.29 is 4.74 Å². The van der Waals surface area contributed by atoms with Crippen LogP contribution in [0.2, 0.25) is 0 Å². The molecule has 0 saturated heterocycles. The Morgan fingerprint density at radius 1 is 1.00 bits per heavy atom. The van der Waals surface area contributed by atoms with Crippen LogP contribution in [0.25, 0.3) is 0 Å². The van der Waals surface area contributed by atoms with Crippen LogP contribution in [-0.4, -0.2) is 38.4 Å². The monoisotopic (exact) mass is 202 g/mol. The molecule has 0 bridgehead atoms. The van der Waals surface area contributed by atoms with E-state index < -0.39 is 0 Å². The van der Waals surface area contributed by atoms with Crippen molar-refractivity contribution in [3.8, 4) is 0 Å². The maximum atomic E-state index is 5.35. The zero-order chi connectivity index (χ0) is 10.9. The minimum absolute atomic E-state index is 0.223. The first-order valence-electron chi connectivity index (χ1n) is 5.60. The summed E-state index contributed by atoms with van der Waals surface area (Å²) in [7, 11) is 0. The molecule has 0 radical (unpaired) electrons. The molecule has 14 heavy (non-hydrogen) atoms. The lowest BCUT2D eigenvalue weighted by atomic mass is 10.1. The highest BCUT2D eigenvalue weighted by atomic mass is 16.5. The molecule has 0 aromatic heterocycles. The first-order chi connectivity index (χ1) is 6.56. The van der Waals surface area contributed by atoms with Gasteiger partial charge in [-0.3, -0.25) is 0 Å². The summed E-state index contributed by atoms with van der Waals surface area (Å²) in [6.45, 7) is 13.3. The van der Waals surface area contributed by atoms with Crippen LogP contribution >= 0.6 is 0 Å². The molecule has 3 nitrogen and oxygen atoms in total. The summed E-state index contributed by atoms with van der Waals surface area (Å²) in [5.74, 6) is 0. The van der Waals surface area contributed by atoms with Gasteiger partial charge in [0.05, 0.1) is 6.61 Å². The fourth-order valence-electron chi connectivity index (χ4n) is 1.04. The topological polar surface area (TPSA) is 33.3 Å². The van der Waals surface area contributed by atoms with Gasteiger partial charge in [-0.15, -0.1) is 0 Å². The molecule has 0 spiro atoms. The molecule has 0 unspecified atom stereocenters. The molecule has 86 valence electrons. The van der Waals surface area contributed by atoms with Crippen LogP contribution in [-0.2, 0) is 4.74 Å². The van der Waals surface area contributed by atoms with Crippen molar-refractivity contribution in [2.75, 3.05) is 32.8 Å². The van der Waals surface area contributed by atoms with Crippen LogP contribution in [0.1, 0.15) is 34.1 Å². The fourth-order valence-corrected chi connectivity index (χ4v) is 1.04. The van der Waals surface area contributed by atoms with E-state index in [-0.39, 0.29) is 5.54 Å². The minimum atomic E-state index is 0.223. The standard InChI is InChI=1S/C11H26N2O/c1-5-9-14-10-8-12-6-7-13-11(2,3)4/h12-13H,5-10H2,1-4H3.